The summed E-state index contributed by atoms with van der Waals surface area (Å²) >= 11 is 0. The number of aliphatic imine (C=N–C) groups is 1. The number of nitrogens with two attached hydrogens (primary N) is 1. The Labute approximate surface area is 90.4 Å². The molecule has 0 aliphatic rings. The molecule has 14 heavy (non-hydrogen) atoms. The van der Waals surface area contributed by atoms with Gasteiger partial charge in [-0.25, -0.2) is 4.99 Å². The lowest BCUT2D eigenvalue weighted by molar-refractivity contribution is 0.965. The van der Waals surface area contributed by atoms with Gasteiger partial charge in [0.25, 0.3) is 0 Å². The Morgan fingerprint density at radius 1 is 1.57 bits per heavy atom. The second-order valence-electron chi connectivity index (χ2n) is 2.96. The zero-order valence-corrected chi connectivity index (χ0v) is 9.40. The molecule has 0 aromatic carbocycles. The van der Waals surface area contributed by atoms with Crippen LogP contribution >= 0.6 is 12.4 Å². The molecule has 4 nitrogen and oxygen atoms in total. The summed E-state index contributed by atoms with van der Waals surface area (Å²) < 4.78 is 0. The van der Waals surface area contributed by atoms with Crippen molar-refractivity contribution in [2.75, 3.05) is 0 Å². The summed E-state index contributed by atoms with van der Waals surface area (Å²) in [5.41, 5.74) is 6.75. The van der Waals surface area contributed by atoms with E-state index in [9.17, 15) is 0 Å². The minimum atomic E-state index is 0. The molecule has 0 unspecified atom stereocenters. The monoisotopic (exact) mass is 216 g/mol. The minimum absolute atomic E-state index is 0. The summed E-state index contributed by atoms with van der Waals surface area (Å²) in [6, 6.07) is 1.92. The van der Waals surface area contributed by atoms with E-state index in [0.717, 1.165) is 25.0 Å². The quantitative estimate of drug-likeness (QED) is 0.599. The largest absolute Gasteiger partial charge is 0.387 e. The molecule has 0 bridgehead atoms. The van der Waals surface area contributed by atoms with Gasteiger partial charge in [-0.2, -0.15) is 5.10 Å². The first-order chi connectivity index (χ1) is 6.26. The van der Waals surface area contributed by atoms with Crippen LogP contribution in [0.2, 0.25) is 0 Å². The van der Waals surface area contributed by atoms with Crippen LogP contribution in [0.15, 0.2) is 11.1 Å². The van der Waals surface area contributed by atoms with E-state index in [2.05, 4.69) is 29.0 Å². The molecule has 1 aromatic rings. The highest BCUT2D eigenvalue weighted by Crippen LogP contribution is 2.09. The predicted octanol–water partition coefficient (Wildman–Crippen LogP) is 2.18. The smallest absolute Gasteiger partial charge is 0.175 e. The van der Waals surface area contributed by atoms with Gasteiger partial charge < -0.3 is 5.73 Å². The van der Waals surface area contributed by atoms with E-state index in [-0.39, 0.29) is 12.4 Å². The third-order valence-electron chi connectivity index (χ3n) is 1.76. The molecule has 0 spiro atoms. The Kier molecular flexibility index (Phi) is 5.95. The van der Waals surface area contributed by atoms with E-state index in [1.807, 2.05) is 6.07 Å². The highest BCUT2D eigenvalue weighted by molar-refractivity contribution is 5.85. The molecule has 0 aliphatic carbocycles. The van der Waals surface area contributed by atoms with Crippen LogP contribution in [-0.4, -0.2) is 16.0 Å². The lowest BCUT2D eigenvalue weighted by Gasteiger charge is -1.93. The molecule has 5 heteroatoms. The molecular weight excluding hydrogens is 200 g/mol. The van der Waals surface area contributed by atoms with Crippen molar-refractivity contribution in [3.05, 3.63) is 11.8 Å². The highest BCUT2D eigenvalue weighted by Gasteiger charge is 1.97. The van der Waals surface area contributed by atoms with Crippen LogP contribution in [0.25, 0.3) is 0 Å². The Hall–Kier alpha value is -1.03. The van der Waals surface area contributed by atoms with Crippen LogP contribution in [0.1, 0.15) is 32.4 Å². The van der Waals surface area contributed by atoms with E-state index in [4.69, 9.17) is 5.73 Å². The molecule has 1 heterocycles. The second-order valence-corrected chi connectivity index (χ2v) is 2.96. The average molecular weight is 217 g/mol. The Morgan fingerprint density at radius 3 is 2.79 bits per heavy atom. The van der Waals surface area contributed by atoms with Gasteiger partial charge in [0.2, 0.25) is 0 Å². The minimum Gasteiger partial charge on any atom is -0.387 e. The van der Waals surface area contributed by atoms with E-state index in [1.165, 1.54) is 0 Å². The van der Waals surface area contributed by atoms with Crippen LogP contribution in [-0.2, 0) is 6.42 Å². The number of aromatic amines is 1. The maximum atomic E-state index is 5.66. The molecule has 1 rings (SSSR count). The SMILES string of the molecule is CCCC(N)=Nc1cc(CC)[nH]n1.Cl. The van der Waals surface area contributed by atoms with E-state index < -0.39 is 0 Å². The van der Waals surface area contributed by atoms with Gasteiger partial charge in [-0.05, 0) is 12.8 Å². The van der Waals surface area contributed by atoms with Crippen LogP contribution in [0.5, 0.6) is 0 Å². The van der Waals surface area contributed by atoms with Crippen molar-refractivity contribution in [2.45, 2.75) is 33.1 Å². The molecule has 1 aromatic heterocycles. The van der Waals surface area contributed by atoms with Crippen LogP contribution in [0, 0.1) is 0 Å². The van der Waals surface area contributed by atoms with Gasteiger partial charge in [0.15, 0.2) is 5.82 Å². The number of hydrogen-bond acceptors (Lipinski definition) is 2. The van der Waals surface area contributed by atoms with Gasteiger partial charge in [0.05, 0.1) is 0 Å². The molecule has 0 atom stereocenters. The topological polar surface area (TPSA) is 67.1 Å². The van der Waals surface area contributed by atoms with Gasteiger partial charge in [0.1, 0.15) is 5.84 Å². The standard InChI is InChI=1S/C9H16N4.ClH/c1-3-5-8(10)11-9-6-7(4-2)12-13-9;/h6H,3-5H2,1-2H3,(H3,10,11,12,13);1H. The van der Waals surface area contributed by atoms with Crippen molar-refractivity contribution in [3.8, 4) is 0 Å². The molecule has 0 saturated heterocycles. The molecule has 3 N–H and O–H groups in total. The number of rotatable bonds is 4. The van der Waals surface area contributed by atoms with Crippen molar-refractivity contribution >= 4 is 24.1 Å². The summed E-state index contributed by atoms with van der Waals surface area (Å²) in [4.78, 5) is 4.17. The lowest BCUT2D eigenvalue weighted by atomic mass is 10.3. The predicted molar refractivity (Wildman–Crippen MR) is 61.4 cm³/mol. The molecule has 0 fully saturated rings. The summed E-state index contributed by atoms with van der Waals surface area (Å²) in [6.45, 7) is 4.14. The molecular formula is C9H17ClN4. The first-order valence-corrected chi connectivity index (χ1v) is 4.63. The van der Waals surface area contributed by atoms with Gasteiger partial charge in [-0.15, -0.1) is 12.4 Å². The first kappa shape index (κ1) is 13.0. The summed E-state index contributed by atoms with van der Waals surface area (Å²) in [6.07, 6.45) is 2.78. The number of H-pyrrole nitrogens is 1. The Morgan fingerprint density at radius 2 is 2.29 bits per heavy atom. The first-order valence-electron chi connectivity index (χ1n) is 4.63. The molecule has 0 saturated carbocycles. The second kappa shape index (κ2) is 6.43. The van der Waals surface area contributed by atoms with Crippen molar-refractivity contribution < 1.29 is 0 Å². The van der Waals surface area contributed by atoms with Gasteiger partial charge >= 0.3 is 0 Å². The van der Waals surface area contributed by atoms with E-state index in [0.29, 0.717) is 11.7 Å². The summed E-state index contributed by atoms with van der Waals surface area (Å²) in [5, 5.41) is 6.91. The van der Waals surface area contributed by atoms with Crippen molar-refractivity contribution in [1.82, 2.24) is 10.2 Å². The highest BCUT2D eigenvalue weighted by atomic mass is 35.5. The van der Waals surface area contributed by atoms with Gasteiger partial charge in [-0.1, -0.05) is 13.8 Å². The van der Waals surface area contributed by atoms with Gasteiger partial charge in [-0.3, -0.25) is 5.10 Å². The van der Waals surface area contributed by atoms with Crippen LogP contribution in [0.4, 0.5) is 5.82 Å². The maximum absolute atomic E-state index is 5.66. The average Bonchev–Trinajstić information content (AvgIpc) is 2.52. The molecule has 0 radical (unpaired) electrons. The summed E-state index contributed by atoms with van der Waals surface area (Å²) in [5.74, 6) is 1.33. The maximum Gasteiger partial charge on any atom is 0.175 e. The van der Waals surface area contributed by atoms with Crippen LogP contribution in [0.3, 0.4) is 0 Å². The zero-order chi connectivity index (χ0) is 9.68. The lowest BCUT2D eigenvalue weighted by Crippen LogP contribution is -2.09. The fourth-order valence-corrected chi connectivity index (χ4v) is 1.05. The molecule has 0 amide bonds. The number of amidine groups is 1. The fourth-order valence-electron chi connectivity index (χ4n) is 1.05. The summed E-state index contributed by atoms with van der Waals surface area (Å²) in [7, 11) is 0. The van der Waals surface area contributed by atoms with Gasteiger partial charge in [0, 0.05) is 18.2 Å². The van der Waals surface area contributed by atoms with Crippen molar-refractivity contribution in [1.29, 1.82) is 0 Å². The van der Waals surface area contributed by atoms with Crippen molar-refractivity contribution in [3.63, 3.8) is 0 Å². The van der Waals surface area contributed by atoms with Crippen LogP contribution < -0.4 is 5.73 Å². The number of aryl methyl sites for hydroxylation is 1. The number of nitrogens with zero attached hydrogens (tertiary/aromatic N) is 2. The molecule has 0 aliphatic heterocycles. The number of nitrogens with one attached hydrogen (secondary N) is 1. The normalized spacial score (nSPS) is 11.1. The number of aromatic nitrogens is 2. The Balaban J connectivity index is 0.00000169. The fraction of sp³-hybridized carbons (Fsp3) is 0.556. The van der Waals surface area contributed by atoms with E-state index in [1.54, 1.807) is 0 Å². The Bertz CT molecular complexity index is 293. The third-order valence-corrected chi connectivity index (χ3v) is 1.76. The van der Waals surface area contributed by atoms with Crippen molar-refractivity contribution in [2.24, 2.45) is 10.7 Å². The number of hydrogen-bond donors (Lipinski definition) is 2. The third kappa shape index (κ3) is 3.79. The molecule has 80 valence electrons. The van der Waals surface area contributed by atoms with E-state index >= 15 is 0 Å². The zero-order valence-electron chi connectivity index (χ0n) is 8.58. The number of halogens is 1.